The first-order chi connectivity index (χ1) is 17.1. The van der Waals surface area contributed by atoms with Crippen molar-refractivity contribution in [1.29, 1.82) is 0 Å². The molecule has 0 saturated carbocycles. The van der Waals surface area contributed by atoms with Crippen LogP contribution in [0.4, 0.5) is 5.95 Å². The highest BCUT2D eigenvalue weighted by Gasteiger charge is 2.28. The van der Waals surface area contributed by atoms with Gasteiger partial charge in [0.2, 0.25) is 11.9 Å². The Bertz CT molecular complexity index is 1160. The van der Waals surface area contributed by atoms with E-state index in [0.29, 0.717) is 6.54 Å². The summed E-state index contributed by atoms with van der Waals surface area (Å²) in [6.45, 7) is 11.9. The highest BCUT2D eigenvalue weighted by atomic mass is 16.5. The number of fused-ring (bicyclic) bond motifs is 1. The van der Waals surface area contributed by atoms with Gasteiger partial charge in [-0.2, -0.15) is 0 Å². The lowest BCUT2D eigenvalue weighted by Gasteiger charge is -2.33. The van der Waals surface area contributed by atoms with Crippen LogP contribution in [0.15, 0.2) is 42.5 Å². The minimum absolute atomic E-state index is 0.0767. The average Bonchev–Trinajstić information content (AvgIpc) is 3.25. The van der Waals surface area contributed by atoms with Crippen LogP contribution in [0, 0.1) is 19.8 Å². The number of ether oxygens (including phenoxy) is 1. The van der Waals surface area contributed by atoms with E-state index in [0.717, 1.165) is 82.3 Å². The van der Waals surface area contributed by atoms with Gasteiger partial charge < -0.3 is 19.5 Å². The first-order valence-electron chi connectivity index (χ1n) is 12.9. The maximum atomic E-state index is 12.8. The molecule has 5 rings (SSSR count). The van der Waals surface area contributed by atoms with E-state index < -0.39 is 0 Å². The number of benzene rings is 2. The third-order valence-electron chi connectivity index (χ3n) is 7.45. The maximum absolute atomic E-state index is 12.8. The largest absolute Gasteiger partial charge is 0.379 e. The summed E-state index contributed by atoms with van der Waals surface area (Å²) in [5.41, 5.74) is 6.08. The normalized spacial score (nSPS) is 17.7. The molecule has 2 aliphatic heterocycles. The maximum Gasteiger partial charge on any atom is 0.223 e. The van der Waals surface area contributed by atoms with Crippen molar-refractivity contribution >= 4 is 22.9 Å². The first-order valence-corrected chi connectivity index (χ1v) is 12.9. The molecule has 35 heavy (non-hydrogen) atoms. The second-order valence-corrected chi connectivity index (χ2v) is 9.92. The van der Waals surface area contributed by atoms with Crippen molar-refractivity contribution in [2.75, 3.05) is 57.4 Å². The number of aryl methyl sites for hydroxylation is 2. The molecule has 2 saturated heterocycles. The van der Waals surface area contributed by atoms with Crippen molar-refractivity contribution in [3.8, 4) is 0 Å². The quantitative estimate of drug-likeness (QED) is 0.568. The summed E-state index contributed by atoms with van der Waals surface area (Å²) in [4.78, 5) is 22.6. The van der Waals surface area contributed by atoms with E-state index in [1.54, 1.807) is 0 Å². The minimum Gasteiger partial charge on any atom is -0.379 e. The molecular weight excluding hydrogens is 438 g/mol. The average molecular weight is 476 g/mol. The Morgan fingerprint density at radius 3 is 2.63 bits per heavy atom. The molecule has 0 unspecified atom stereocenters. The van der Waals surface area contributed by atoms with Gasteiger partial charge in [0, 0.05) is 45.2 Å². The molecule has 1 amide bonds. The molecule has 2 aromatic carbocycles. The molecule has 2 fully saturated rings. The summed E-state index contributed by atoms with van der Waals surface area (Å²) in [7, 11) is 0. The van der Waals surface area contributed by atoms with Gasteiger partial charge in [0.15, 0.2) is 0 Å². The van der Waals surface area contributed by atoms with Crippen molar-refractivity contribution in [3.63, 3.8) is 0 Å². The monoisotopic (exact) mass is 475 g/mol. The van der Waals surface area contributed by atoms with Gasteiger partial charge in [0.1, 0.15) is 0 Å². The fraction of sp³-hybridized carbons (Fsp3) is 0.500. The number of imidazole rings is 1. The fourth-order valence-corrected chi connectivity index (χ4v) is 5.25. The molecule has 2 aliphatic rings. The molecule has 0 atom stereocenters. The van der Waals surface area contributed by atoms with Crippen molar-refractivity contribution in [1.82, 2.24) is 19.8 Å². The molecule has 1 N–H and O–H groups in total. The van der Waals surface area contributed by atoms with Gasteiger partial charge >= 0.3 is 0 Å². The number of carbonyl (C=O) groups is 1. The molecule has 3 aromatic rings. The predicted molar refractivity (Wildman–Crippen MR) is 140 cm³/mol. The van der Waals surface area contributed by atoms with Crippen LogP contribution in [0.2, 0.25) is 0 Å². The van der Waals surface area contributed by atoms with Crippen LogP contribution in [0.3, 0.4) is 0 Å². The van der Waals surface area contributed by atoms with E-state index in [1.165, 1.54) is 16.7 Å². The zero-order chi connectivity index (χ0) is 24.2. The zero-order valence-corrected chi connectivity index (χ0v) is 21.0. The molecule has 1 aromatic heterocycles. The molecule has 0 bridgehead atoms. The standard InChI is InChI=1S/C28H37N5O2/c1-21-7-8-22(2)24(19-21)20-33-26-6-4-3-5-25(26)30-28(33)32-12-9-23(10-13-32)27(34)29-11-14-31-15-17-35-18-16-31/h3-8,19,23H,9-18,20H2,1-2H3,(H,29,34). The Balaban J connectivity index is 1.24. The molecule has 3 heterocycles. The molecule has 0 spiro atoms. The summed E-state index contributed by atoms with van der Waals surface area (Å²) in [6, 6.07) is 15.0. The van der Waals surface area contributed by atoms with E-state index in [2.05, 4.69) is 76.0 Å². The SMILES string of the molecule is Cc1ccc(C)c(Cn2c(N3CCC(C(=O)NCCN4CCOCC4)CC3)nc3ccccc32)c1. The van der Waals surface area contributed by atoms with Gasteiger partial charge in [-0.25, -0.2) is 4.98 Å². The molecule has 0 aliphatic carbocycles. The van der Waals surface area contributed by atoms with Gasteiger partial charge in [-0.1, -0.05) is 35.9 Å². The molecular formula is C28H37N5O2. The number of carbonyl (C=O) groups excluding carboxylic acids is 1. The Morgan fingerprint density at radius 1 is 1.06 bits per heavy atom. The topological polar surface area (TPSA) is 62.6 Å². The lowest BCUT2D eigenvalue weighted by atomic mass is 9.96. The number of amides is 1. The third kappa shape index (κ3) is 5.52. The van der Waals surface area contributed by atoms with Crippen LogP contribution in [0.25, 0.3) is 11.0 Å². The molecule has 7 nitrogen and oxygen atoms in total. The summed E-state index contributed by atoms with van der Waals surface area (Å²) in [5.74, 6) is 1.29. The summed E-state index contributed by atoms with van der Waals surface area (Å²) < 4.78 is 7.75. The number of morpholine rings is 1. The fourth-order valence-electron chi connectivity index (χ4n) is 5.25. The second-order valence-electron chi connectivity index (χ2n) is 9.92. The lowest BCUT2D eigenvalue weighted by molar-refractivity contribution is -0.125. The number of rotatable bonds is 7. The second kappa shape index (κ2) is 10.8. The van der Waals surface area contributed by atoms with E-state index >= 15 is 0 Å². The van der Waals surface area contributed by atoms with Gasteiger partial charge in [-0.15, -0.1) is 0 Å². The highest BCUT2D eigenvalue weighted by molar-refractivity contribution is 5.80. The number of aromatic nitrogens is 2. The van der Waals surface area contributed by atoms with Crippen LogP contribution in [-0.4, -0.2) is 72.8 Å². The number of hydrogen-bond acceptors (Lipinski definition) is 5. The third-order valence-corrected chi connectivity index (χ3v) is 7.45. The van der Waals surface area contributed by atoms with Gasteiger partial charge in [-0.3, -0.25) is 9.69 Å². The number of hydrogen-bond donors (Lipinski definition) is 1. The van der Waals surface area contributed by atoms with E-state index in [1.807, 2.05) is 0 Å². The summed E-state index contributed by atoms with van der Waals surface area (Å²) in [6.07, 6.45) is 1.71. The van der Waals surface area contributed by atoms with Gasteiger partial charge in [-0.05, 0) is 49.9 Å². The molecule has 7 heteroatoms. The summed E-state index contributed by atoms with van der Waals surface area (Å²) >= 11 is 0. The highest BCUT2D eigenvalue weighted by Crippen LogP contribution is 2.28. The van der Waals surface area contributed by atoms with Gasteiger partial charge in [0.25, 0.3) is 0 Å². The number of anilines is 1. The van der Waals surface area contributed by atoms with E-state index in [9.17, 15) is 4.79 Å². The van der Waals surface area contributed by atoms with Crippen LogP contribution >= 0.6 is 0 Å². The summed E-state index contributed by atoms with van der Waals surface area (Å²) in [5, 5.41) is 3.17. The van der Waals surface area contributed by atoms with Crippen LogP contribution in [0.1, 0.15) is 29.5 Å². The first kappa shape index (κ1) is 23.8. The Labute approximate surface area is 208 Å². The van der Waals surface area contributed by atoms with Crippen molar-refractivity contribution in [2.45, 2.75) is 33.2 Å². The number of piperidine rings is 1. The van der Waals surface area contributed by atoms with Gasteiger partial charge in [0.05, 0.1) is 30.8 Å². The Kier molecular flexibility index (Phi) is 7.35. The smallest absolute Gasteiger partial charge is 0.223 e. The number of para-hydroxylation sites is 2. The molecule has 186 valence electrons. The Hall–Kier alpha value is -2.90. The number of nitrogens with one attached hydrogen (secondary N) is 1. The van der Waals surface area contributed by atoms with Crippen molar-refractivity contribution in [2.24, 2.45) is 5.92 Å². The van der Waals surface area contributed by atoms with Crippen LogP contribution < -0.4 is 10.2 Å². The lowest BCUT2D eigenvalue weighted by Crippen LogP contribution is -2.44. The minimum atomic E-state index is 0.0767. The predicted octanol–water partition coefficient (Wildman–Crippen LogP) is 3.37. The van der Waals surface area contributed by atoms with E-state index in [-0.39, 0.29) is 11.8 Å². The van der Waals surface area contributed by atoms with Crippen LogP contribution in [0.5, 0.6) is 0 Å². The Morgan fingerprint density at radius 2 is 1.83 bits per heavy atom. The number of nitrogens with zero attached hydrogens (tertiary/aromatic N) is 4. The van der Waals surface area contributed by atoms with Crippen LogP contribution in [-0.2, 0) is 16.1 Å². The molecule has 0 radical (unpaired) electrons. The van der Waals surface area contributed by atoms with Crippen molar-refractivity contribution in [3.05, 3.63) is 59.2 Å². The van der Waals surface area contributed by atoms with Crippen molar-refractivity contribution < 1.29 is 9.53 Å². The zero-order valence-electron chi connectivity index (χ0n) is 21.0. The van der Waals surface area contributed by atoms with E-state index in [4.69, 9.17) is 9.72 Å².